The number of rotatable bonds is 3. The molecule has 0 spiro atoms. The summed E-state index contributed by atoms with van der Waals surface area (Å²) in [6.07, 6.45) is 1.11. The molecule has 0 N–H and O–H groups in total. The average molecular weight is 349 g/mol. The molecule has 1 fully saturated rings. The van der Waals surface area contributed by atoms with Crippen LogP contribution in [-0.2, 0) is 9.53 Å². The summed E-state index contributed by atoms with van der Waals surface area (Å²) in [5.74, 6) is -0.113. The third-order valence-corrected chi connectivity index (χ3v) is 5.32. The minimum atomic E-state index is -0.539. The number of carbonyl (C=O) groups excluding carboxylic acids is 2. The Kier molecular flexibility index (Phi) is 4.85. The first-order chi connectivity index (χ1) is 11.4. The lowest BCUT2D eigenvalue weighted by Crippen LogP contribution is -2.44. The van der Waals surface area contributed by atoms with Gasteiger partial charge in [0.1, 0.15) is 10.7 Å². The van der Waals surface area contributed by atoms with Gasteiger partial charge in [-0.1, -0.05) is 13.8 Å². The molecule has 4 nitrogen and oxygen atoms in total. The zero-order valence-corrected chi connectivity index (χ0v) is 14.6. The number of amides is 1. The van der Waals surface area contributed by atoms with Crippen LogP contribution in [0.5, 0.6) is 0 Å². The fourth-order valence-corrected chi connectivity index (χ4v) is 4.21. The maximum Gasteiger partial charge on any atom is 0.348 e. The fraction of sp³-hybridized carbons (Fsp3) is 0.444. The van der Waals surface area contributed by atoms with Gasteiger partial charge in [0.25, 0.3) is 5.91 Å². The molecule has 0 unspecified atom stereocenters. The van der Waals surface area contributed by atoms with E-state index >= 15 is 0 Å². The molecule has 1 saturated heterocycles. The first kappa shape index (κ1) is 16.9. The molecule has 128 valence electrons. The number of piperidine rings is 1. The number of ether oxygens (including phenoxy) is 1. The summed E-state index contributed by atoms with van der Waals surface area (Å²) in [4.78, 5) is 26.5. The van der Waals surface area contributed by atoms with Crippen LogP contribution in [0, 0.1) is 17.7 Å². The zero-order chi connectivity index (χ0) is 17.3. The molecule has 3 rings (SSSR count). The van der Waals surface area contributed by atoms with Crippen LogP contribution in [-0.4, -0.2) is 36.5 Å². The van der Waals surface area contributed by atoms with E-state index in [9.17, 15) is 14.0 Å². The Morgan fingerprint density at radius 1 is 1.25 bits per heavy atom. The van der Waals surface area contributed by atoms with Crippen LogP contribution in [0.4, 0.5) is 4.39 Å². The van der Waals surface area contributed by atoms with Crippen molar-refractivity contribution < 1.29 is 18.7 Å². The highest BCUT2D eigenvalue weighted by atomic mass is 32.1. The first-order valence-corrected chi connectivity index (χ1v) is 8.88. The van der Waals surface area contributed by atoms with Crippen LogP contribution < -0.4 is 0 Å². The minimum absolute atomic E-state index is 0.158. The van der Waals surface area contributed by atoms with Crippen molar-refractivity contribution in [2.24, 2.45) is 11.8 Å². The molecule has 2 atom stereocenters. The minimum Gasteiger partial charge on any atom is -0.451 e. The number of hydrogen-bond acceptors (Lipinski definition) is 4. The van der Waals surface area contributed by atoms with Gasteiger partial charge < -0.3 is 9.64 Å². The number of nitrogens with zero attached hydrogens (tertiary/aromatic N) is 1. The predicted octanol–water partition coefficient (Wildman–Crippen LogP) is 3.70. The van der Waals surface area contributed by atoms with Crippen molar-refractivity contribution in [1.82, 2.24) is 4.90 Å². The van der Waals surface area contributed by atoms with Crippen molar-refractivity contribution in [2.45, 2.75) is 20.3 Å². The van der Waals surface area contributed by atoms with Gasteiger partial charge in [0.05, 0.1) is 0 Å². The van der Waals surface area contributed by atoms with Gasteiger partial charge in [-0.05, 0) is 47.9 Å². The number of esters is 1. The average Bonchev–Trinajstić information content (AvgIpc) is 2.94. The van der Waals surface area contributed by atoms with Crippen molar-refractivity contribution in [3.05, 3.63) is 35.0 Å². The summed E-state index contributed by atoms with van der Waals surface area (Å²) in [6.45, 7) is 5.42. The second-order valence-electron chi connectivity index (χ2n) is 6.61. The van der Waals surface area contributed by atoms with E-state index in [1.807, 2.05) is 0 Å². The number of thiophene rings is 1. The molecule has 1 aliphatic heterocycles. The van der Waals surface area contributed by atoms with Crippen molar-refractivity contribution in [3.63, 3.8) is 0 Å². The topological polar surface area (TPSA) is 46.6 Å². The summed E-state index contributed by atoms with van der Waals surface area (Å²) in [7, 11) is 0. The largest absolute Gasteiger partial charge is 0.451 e. The molecule has 0 aliphatic carbocycles. The Balaban J connectivity index is 1.60. The number of halogens is 1. The molecule has 1 aromatic carbocycles. The molecule has 1 amide bonds. The maximum absolute atomic E-state index is 13.2. The molecular weight excluding hydrogens is 329 g/mol. The van der Waals surface area contributed by atoms with Crippen LogP contribution in [0.2, 0.25) is 0 Å². The van der Waals surface area contributed by atoms with Gasteiger partial charge in [-0.3, -0.25) is 4.79 Å². The molecule has 1 aromatic heterocycles. The fourth-order valence-electron chi connectivity index (χ4n) is 3.27. The normalized spacial score (nSPS) is 21.0. The van der Waals surface area contributed by atoms with Crippen molar-refractivity contribution >= 4 is 33.3 Å². The monoisotopic (exact) mass is 349 g/mol. The maximum atomic E-state index is 13.2. The highest BCUT2D eigenvalue weighted by molar-refractivity contribution is 7.20. The van der Waals surface area contributed by atoms with Crippen LogP contribution in [0.25, 0.3) is 10.1 Å². The van der Waals surface area contributed by atoms with E-state index in [1.54, 1.807) is 17.0 Å². The summed E-state index contributed by atoms with van der Waals surface area (Å²) in [6, 6.07) is 5.97. The van der Waals surface area contributed by atoms with Gasteiger partial charge in [0.15, 0.2) is 6.61 Å². The standard InChI is InChI=1S/C18H20FNO3S/c1-11-5-12(2)9-20(8-11)17(21)10-23-18(22)16-7-13-6-14(19)3-4-15(13)24-16/h3-4,6-7,11-12H,5,8-10H2,1-2H3/t11-,12+. The second kappa shape index (κ2) is 6.89. The molecule has 24 heavy (non-hydrogen) atoms. The molecule has 0 radical (unpaired) electrons. The van der Waals surface area contributed by atoms with Gasteiger partial charge >= 0.3 is 5.97 Å². The summed E-state index contributed by atoms with van der Waals surface area (Å²) in [5.41, 5.74) is 0. The van der Waals surface area contributed by atoms with Gasteiger partial charge in [0.2, 0.25) is 0 Å². The lowest BCUT2D eigenvalue weighted by Gasteiger charge is -2.34. The first-order valence-electron chi connectivity index (χ1n) is 8.06. The van der Waals surface area contributed by atoms with Crippen molar-refractivity contribution in [2.75, 3.05) is 19.7 Å². The Morgan fingerprint density at radius 2 is 1.96 bits per heavy atom. The Labute approximate surface area is 144 Å². The van der Waals surface area contributed by atoms with Crippen LogP contribution >= 0.6 is 11.3 Å². The highest BCUT2D eigenvalue weighted by Crippen LogP contribution is 2.27. The lowest BCUT2D eigenvalue weighted by molar-refractivity contribution is -0.137. The predicted molar refractivity (Wildman–Crippen MR) is 91.6 cm³/mol. The van der Waals surface area contributed by atoms with E-state index in [0.29, 0.717) is 35.2 Å². The van der Waals surface area contributed by atoms with E-state index in [1.165, 1.54) is 23.5 Å². The number of likely N-dealkylation sites (tertiary alicyclic amines) is 1. The van der Waals surface area contributed by atoms with E-state index < -0.39 is 5.97 Å². The number of hydrogen-bond donors (Lipinski definition) is 0. The second-order valence-corrected chi connectivity index (χ2v) is 7.70. The van der Waals surface area contributed by atoms with Gasteiger partial charge in [-0.2, -0.15) is 0 Å². The van der Waals surface area contributed by atoms with E-state index in [2.05, 4.69) is 13.8 Å². The van der Waals surface area contributed by atoms with Crippen LogP contribution in [0.1, 0.15) is 29.9 Å². The number of benzene rings is 1. The Hall–Kier alpha value is -1.95. The van der Waals surface area contributed by atoms with Gasteiger partial charge in [-0.15, -0.1) is 11.3 Å². The van der Waals surface area contributed by atoms with Crippen molar-refractivity contribution in [1.29, 1.82) is 0 Å². The van der Waals surface area contributed by atoms with E-state index in [4.69, 9.17) is 4.74 Å². The molecule has 6 heteroatoms. The smallest absolute Gasteiger partial charge is 0.348 e. The van der Waals surface area contributed by atoms with E-state index in [0.717, 1.165) is 11.1 Å². The summed E-state index contributed by atoms with van der Waals surface area (Å²) in [5, 5.41) is 0.664. The summed E-state index contributed by atoms with van der Waals surface area (Å²) < 4.78 is 19.2. The molecule has 0 bridgehead atoms. The number of carbonyl (C=O) groups is 2. The zero-order valence-electron chi connectivity index (χ0n) is 13.8. The SMILES string of the molecule is C[C@@H]1C[C@H](C)CN(C(=O)COC(=O)c2cc3cc(F)ccc3s2)C1. The molecule has 2 heterocycles. The third kappa shape index (κ3) is 3.75. The van der Waals surface area contributed by atoms with Crippen LogP contribution in [0.3, 0.4) is 0 Å². The molecule has 1 aliphatic rings. The lowest BCUT2D eigenvalue weighted by atomic mass is 9.92. The highest BCUT2D eigenvalue weighted by Gasteiger charge is 2.26. The molecular formula is C18H20FNO3S. The quantitative estimate of drug-likeness (QED) is 0.794. The third-order valence-electron chi connectivity index (χ3n) is 4.23. The van der Waals surface area contributed by atoms with Gasteiger partial charge in [-0.25, -0.2) is 9.18 Å². The molecule has 2 aromatic rings. The Morgan fingerprint density at radius 3 is 2.67 bits per heavy atom. The van der Waals surface area contributed by atoms with Gasteiger partial charge in [0, 0.05) is 17.8 Å². The van der Waals surface area contributed by atoms with E-state index in [-0.39, 0.29) is 18.3 Å². The molecule has 0 saturated carbocycles. The van der Waals surface area contributed by atoms with Crippen LogP contribution in [0.15, 0.2) is 24.3 Å². The Bertz CT molecular complexity index is 763. The summed E-state index contributed by atoms with van der Waals surface area (Å²) >= 11 is 1.24. The number of fused-ring (bicyclic) bond motifs is 1. The van der Waals surface area contributed by atoms with Crippen molar-refractivity contribution in [3.8, 4) is 0 Å².